The van der Waals surface area contributed by atoms with Crippen LogP contribution in [0.5, 0.6) is 0 Å². The molecule has 0 saturated carbocycles. The van der Waals surface area contributed by atoms with Gasteiger partial charge in [-0.25, -0.2) is 0 Å². The molecule has 1 fully saturated rings. The van der Waals surface area contributed by atoms with Crippen LogP contribution in [0.4, 0.5) is 0 Å². The summed E-state index contributed by atoms with van der Waals surface area (Å²) in [5.41, 5.74) is 8.09. The van der Waals surface area contributed by atoms with Crippen molar-refractivity contribution < 1.29 is 19.1 Å². The number of hydrogen-bond acceptors (Lipinski definition) is 6. The molecule has 1 aromatic rings. The SMILES string of the molecule is NCCCOCCCNCc1cccc2c1CN(C1CCC(=O)NC1=O)C2=O. The van der Waals surface area contributed by atoms with Crippen molar-refractivity contribution in [1.82, 2.24) is 15.5 Å². The maximum Gasteiger partial charge on any atom is 0.255 e. The third-order valence-corrected chi connectivity index (χ3v) is 5.13. The van der Waals surface area contributed by atoms with Crippen LogP contribution in [0.25, 0.3) is 0 Å². The standard InChI is InChI=1S/C20H28N4O4/c21-8-2-10-28-11-3-9-22-12-14-4-1-5-15-16(14)13-24(20(15)27)17-6-7-18(25)23-19(17)26/h1,4-5,17,22H,2-3,6-13,21H2,(H,23,25,26). The quantitative estimate of drug-likeness (QED) is 0.392. The Morgan fingerprint density at radius 1 is 1.21 bits per heavy atom. The molecule has 2 aliphatic rings. The van der Waals surface area contributed by atoms with E-state index in [4.69, 9.17) is 10.5 Å². The van der Waals surface area contributed by atoms with Gasteiger partial charge < -0.3 is 20.7 Å². The number of ether oxygens (including phenoxy) is 1. The summed E-state index contributed by atoms with van der Waals surface area (Å²) in [6.07, 6.45) is 2.42. The summed E-state index contributed by atoms with van der Waals surface area (Å²) in [6, 6.07) is 5.10. The van der Waals surface area contributed by atoms with E-state index in [2.05, 4.69) is 10.6 Å². The Labute approximate surface area is 164 Å². The van der Waals surface area contributed by atoms with Crippen LogP contribution < -0.4 is 16.4 Å². The van der Waals surface area contributed by atoms with Crippen molar-refractivity contribution in [3.63, 3.8) is 0 Å². The molecule has 1 aromatic carbocycles. The van der Waals surface area contributed by atoms with E-state index in [1.54, 1.807) is 11.0 Å². The highest BCUT2D eigenvalue weighted by Crippen LogP contribution is 2.29. The van der Waals surface area contributed by atoms with Crippen molar-refractivity contribution in [1.29, 1.82) is 0 Å². The van der Waals surface area contributed by atoms with Gasteiger partial charge in [0.1, 0.15) is 6.04 Å². The molecule has 2 heterocycles. The zero-order chi connectivity index (χ0) is 19.9. The van der Waals surface area contributed by atoms with Crippen LogP contribution >= 0.6 is 0 Å². The van der Waals surface area contributed by atoms with Gasteiger partial charge in [-0.3, -0.25) is 19.7 Å². The van der Waals surface area contributed by atoms with Gasteiger partial charge in [0.15, 0.2) is 0 Å². The third-order valence-electron chi connectivity index (χ3n) is 5.13. The molecule has 2 aliphatic heterocycles. The summed E-state index contributed by atoms with van der Waals surface area (Å²) in [4.78, 5) is 37.9. The highest BCUT2D eigenvalue weighted by molar-refractivity contribution is 6.05. The zero-order valence-corrected chi connectivity index (χ0v) is 16.0. The molecule has 0 spiro atoms. The molecule has 1 saturated heterocycles. The van der Waals surface area contributed by atoms with E-state index >= 15 is 0 Å². The fourth-order valence-corrected chi connectivity index (χ4v) is 3.63. The fourth-order valence-electron chi connectivity index (χ4n) is 3.63. The number of piperidine rings is 1. The largest absolute Gasteiger partial charge is 0.381 e. The Kier molecular flexibility index (Phi) is 7.13. The van der Waals surface area contributed by atoms with Crippen molar-refractivity contribution in [3.05, 3.63) is 34.9 Å². The molecule has 8 nitrogen and oxygen atoms in total. The summed E-state index contributed by atoms with van der Waals surface area (Å²) in [5.74, 6) is -0.798. The number of benzene rings is 1. The van der Waals surface area contributed by atoms with Crippen molar-refractivity contribution in [2.75, 3.05) is 26.3 Å². The molecule has 3 rings (SSSR count). The number of imide groups is 1. The first-order valence-corrected chi connectivity index (χ1v) is 9.85. The topological polar surface area (TPSA) is 114 Å². The molecule has 0 bridgehead atoms. The Hall–Kier alpha value is -2.29. The van der Waals surface area contributed by atoms with Gasteiger partial charge >= 0.3 is 0 Å². The number of rotatable bonds is 10. The lowest BCUT2D eigenvalue weighted by molar-refractivity contribution is -0.136. The summed E-state index contributed by atoms with van der Waals surface area (Å²) >= 11 is 0. The van der Waals surface area contributed by atoms with Gasteiger partial charge in [0.25, 0.3) is 5.91 Å². The molecule has 28 heavy (non-hydrogen) atoms. The number of amides is 3. The Morgan fingerprint density at radius 3 is 2.82 bits per heavy atom. The molecule has 8 heteroatoms. The van der Waals surface area contributed by atoms with E-state index in [1.807, 2.05) is 12.1 Å². The zero-order valence-electron chi connectivity index (χ0n) is 16.0. The van der Waals surface area contributed by atoms with Gasteiger partial charge in [-0.2, -0.15) is 0 Å². The average molecular weight is 388 g/mol. The molecule has 0 radical (unpaired) electrons. The first-order valence-electron chi connectivity index (χ1n) is 9.85. The first kappa shape index (κ1) is 20.4. The third kappa shape index (κ3) is 4.76. The number of nitrogens with one attached hydrogen (secondary N) is 2. The van der Waals surface area contributed by atoms with Gasteiger partial charge in [0.2, 0.25) is 11.8 Å². The number of hydrogen-bond donors (Lipinski definition) is 3. The number of carbonyl (C=O) groups is 3. The van der Waals surface area contributed by atoms with Crippen LogP contribution in [0.2, 0.25) is 0 Å². The maximum atomic E-state index is 12.8. The number of nitrogens with zero attached hydrogens (tertiary/aromatic N) is 1. The second-order valence-corrected chi connectivity index (χ2v) is 7.13. The minimum atomic E-state index is -0.580. The lowest BCUT2D eigenvalue weighted by Crippen LogP contribution is -2.52. The summed E-state index contributed by atoms with van der Waals surface area (Å²) in [6.45, 7) is 3.91. The Balaban J connectivity index is 1.54. The van der Waals surface area contributed by atoms with Crippen LogP contribution in [-0.4, -0.2) is 55.0 Å². The predicted octanol–water partition coefficient (Wildman–Crippen LogP) is 0.293. The fraction of sp³-hybridized carbons (Fsp3) is 0.550. The minimum absolute atomic E-state index is 0.139. The van der Waals surface area contributed by atoms with Crippen LogP contribution in [-0.2, 0) is 27.4 Å². The van der Waals surface area contributed by atoms with Crippen LogP contribution in [0.1, 0.15) is 47.2 Å². The van der Waals surface area contributed by atoms with Crippen molar-refractivity contribution in [3.8, 4) is 0 Å². The van der Waals surface area contributed by atoms with Gasteiger partial charge in [0, 0.05) is 38.3 Å². The molecule has 4 N–H and O–H groups in total. The monoisotopic (exact) mass is 388 g/mol. The highest BCUT2D eigenvalue weighted by atomic mass is 16.5. The van der Waals surface area contributed by atoms with Crippen molar-refractivity contribution >= 4 is 17.7 Å². The van der Waals surface area contributed by atoms with E-state index in [1.165, 1.54) is 0 Å². The molecule has 152 valence electrons. The lowest BCUT2D eigenvalue weighted by Gasteiger charge is -2.29. The van der Waals surface area contributed by atoms with Gasteiger partial charge in [-0.15, -0.1) is 0 Å². The Morgan fingerprint density at radius 2 is 2.04 bits per heavy atom. The average Bonchev–Trinajstić information content (AvgIpc) is 3.01. The van der Waals surface area contributed by atoms with Crippen LogP contribution in [0.3, 0.4) is 0 Å². The van der Waals surface area contributed by atoms with E-state index in [0.29, 0.717) is 44.8 Å². The van der Waals surface area contributed by atoms with Gasteiger partial charge in [-0.1, -0.05) is 12.1 Å². The number of fused-ring (bicyclic) bond motifs is 1. The molecular formula is C20H28N4O4. The summed E-state index contributed by atoms with van der Waals surface area (Å²) in [5, 5.41) is 5.72. The van der Waals surface area contributed by atoms with E-state index in [0.717, 1.165) is 30.5 Å². The van der Waals surface area contributed by atoms with Crippen LogP contribution in [0, 0.1) is 0 Å². The normalized spacial score (nSPS) is 19.1. The van der Waals surface area contributed by atoms with E-state index in [9.17, 15) is 14.4 Å². The van der Waals surface area contributed by atoms with Crippen LogP contribution in [0.15, 0.2) is 18.2 Å². The molecule has 0 aliphatic carbocycles. The molecule has 1 atom stereocenters. The Bertz CT molecular complexity index is 737. The number of nitrogens with two attached hydrogens (primary N) is 1. The maximum absolute atomic E-state index is 12.8. The first-order chi connectivity index (χ1) is 13.6. The predicted molar refractivity (Wildman–Crippen MR) is 103 cm³/mol. The van der Waals surface area contributed by atoms with Gasteiger partial charge in [0.05, 0.1) is 0 Å². The van der Waals surface area contributed by atoms with Crippen molar-refractivity contribution in [2.24, 2.45) is 5.73 Å². The highest BCUT2D eigenvalue weighted by Gasteiger charge is 2.39. The van der Waals surface area contributed by atoms with Gasteiger partial charge in [-0.05, 0) is 49.5 Å². The second kappa shape index (κ2) is 9.77. The second-order valence-electron chi connectivity index (χ2n) is 7.13. The van der Waals surface area contributed by atoms with E-state index < -0.39 is 6.04 Å². The number of carbonyl (C=O) groups excluding carboxylic acids is 3. The molecular weight excluding hydrogens is 360 g/mol. The molecule has 0 aromatic heterocycles. The minimum Gasteiger partial charge on any atom is -0.381 e. The summed E-state index contributed by atoms with van der Waals surface area (Å²) in [7, 11) is 0. The van der Waals surface area contributed by atoms with E-state index in [-0.39, 0.29) is 24.1 Å². The molecule has 1 unspecified atom stereocenters. The van der Waals surface area contributed by atoms with Crippen molar-refractivity contribution in [2.45, 2.75) is 44.8 Å². The summed E-state index contributed by atoms with van der Waals surface area (Å²) < 4.78 is 5.48. The molecule has 3 amide bonds. The lowest BCUT2D eigenvalue weighted by atomic mass is 10.0. The smallest absolute Gasteiger partial charge is 0.255 e.